The second-order valence-electron chi connectivity index (χ2n) is 8.32. The lowest BCUT2D eigenvalue weighted by atomic mass is 10.0. The molecule has 1 N–H and O–H groups in total. The highest BCUT2D eigenvalue weighted by atomic mass is 19.4. The van der Waals surface area contributed by atoms with Gasteiger partial charge in [-0.15, -0.1) is 0 Å². The van der Waals surface area contributed by atoms with E-state index in [1.165, 1.54) is 24.3 Å². The molecule has 2 aromatic carbocycles. The number of benzene rings is 2. The summed E-state index contributed by atoms with van der Waals surface area (Å²) in [4.78, 5) is 31.4. The van der Waals surface area contributed by atoms with Crippen LogP contribution < -0.4 is 15.8 Å². The van der Waals surface area contributed by atoms with Gasteiger partial charge in [0, 0.05) is 31.6 Å². The second-order valence-corrected chi connectivity index (χ2v) is 8.32. The minimum Gasteiger partial charge on any atom is -0.356 e. The lowest BCUT2D eigenvalue weighted by molar-refractivity contribution is -0.137. The molecule has 1 amide bonds. The van der Waals surface area contributed by atoms with Crippen molar-refractivity contribution in [3.05, 3.63) is 76.3 Å². The number of carbonyl (C=O) groups excluding carboxylic acids is 1. The summed E-state index contributed by atoms with van der Waals surface area (Å²) in [7, 11) is 0. The highest BCUT2D eigenvalue weighted by Crippen LogP contribution is 2.31. The van der Waals surface area contributed by atoms with Gasteiger partial charge in [0.2, 0.25) is 5.91 Å². The molecule has 0 radical (unpaired) electrons. The second kappa shape index (κ2) is 9.89. The lowest BCUT2D eigenvalue weighted by Crippen LogP contribution is -2.45. The van der Waals surface area contributed by atoms with Crippen molar-refractivity contribution in [2.75, 3.05) is 18.0 Å². The fraction of sp³-hybridized carbons (Fsp3) is 0.320. The van der Waals surface area contributed by atoms with Crippen LogP contribution >= 0.6 is 0 Å². The van der Waals surface area contributed by atoms with Gasteiger partial charge in [-0.2, -0.15) is 13.2 Å². The zero-order chi connectivity index (χ0) is 25.2. The molecule has 2 heterocycles. The van der Waals surface area contributed by atoms with E-state index in [2.05, 4.69) is 10.3 Å². The Kier molecular flexibility index (Phi) is 6.90. The summed E-state index contributed by atoms with van der Waals surface area (Å²) >= 11 is 0. The summed E-state index contributed by atoms with van der Waals surface area (Å²) in [5.41, 5.74) is -1.21. The van der Waals surface area contributed by atoms with Crippen LogP contribution in [-0.2, 0) is 11.0 Å². The van der Waals surface area contributed by atoms with Gasteiger partial charge in [-0.05, 0) is 49.2 Å². The highest BCUT2D eigenvalue weighted by Gasteiger charge is 2.30. The monoisotopic (exact) mass is 488 g/mol. The summed E-state index contributed by atoms with van der Waals surface area (Å²) in [5, 5.41) is 2.96. The van der Waals surface area contributed by atoms with Gasteiger partial charge in [-0.25, -0.2) is 9.37 Å². The van der Waals surface area contributed by atoms with Crippen LogP contribution in [0.4, 0.5) is 23.4 Å². The summed E-state index contributed by atoms with van der Waals surface area (Å²) in [6.07, 6.45) is -2.81. The van der Waals surface area contributed by atoms with Crippen molar-refractivity contribution < 1.29 is 22.4 Å². The van der Waals surface area contributed by atoms with Crippen LogP contribution in [0.2, 0.25) is 0 Å². The van der Waals surface area contributed by atoms with E-state index in [4.69, 9.17) is 0 Å². The first-order valence-corrected chi connectivity index (χ1v) is 11.3. The van der Waals surface area contributed by atoms with Gasteiger partial charge in [-0.1, -0.05) is 19.1 Å². The van der Waals surface area contributed by atoms with Crippen molar-refractivity contribution in [2.45, 2.75) is 38.4 Å². The Bertz CT molecular complexity index is 1260. The molecule has 3 aromatic rings. The first kappa shape index (κ1) is 24.4. The Morgan fingerprint density at radius 3 is 2.34 bits per heavy atom. The number of hydrogen-bond donors (Lipinski definition) is 1. The molecule has 0 atom stereocenters. The van der Waals surface area contributed by atoms with Crippen molar-refractivity contribution in [1.29, 1.82) is 0 Å². The SMILES string of the molecule is CCC(=O)NC1CCN(c2cc(=O)n(-c3ccc(C(F)(F)F)cc3)c(-c3ccccc3F)n2)CC1. The van der Waals surface area contributed by atoms with Crippen LogP contribution in [0.15, 0.2) is 59.4 Å². The summed E-state index contributed by atoms with van der Waals surface area (Å²) < 4.78 is 54.9. The standard InChI is InChI=1S/C25H24F4N4O2/c1-2-22(34)30-17-11-13-32(14-12-17)21-15-23(35)33(18-9-7-16(8-10-18)25(27,28)29)24(31-21)19-5-3-4-6-20(19)26/h3-10,15,17H,2,11-14H2,1H3,(H,30,34). The zero-order valence-electron chi connectivity index (χ0n) is 19.0. The topological polar surface area (TPSA) is 67.2 Å². The molecular formula is C25H24F4N4O2. The third kappa shape index (κ3) is 5.36. The Balaban J connectivity index is 1.73. The quantitative estimate of drug-likeness (QED) is 0.535. The molecule has 0 aliphatic carbocycles. The maximum Gasteiger partial charge on any atom is 0.416 e. The van der Waals surface area contributed by atoms with Gasteiger partial charge in [0.15, 0.2) is 5.82 Å². The van der Waals surface area contributed by atoms with Gasteiger partial charge in [0.25, 0.3) is 5.56 Å². The van der Waals surface area contributed by atoms with Crippen LogP contribution in [0.3, 0.4) is 0 Å². The Morgan fingerprint density at radius 1 is 1.09 bits per heavy atom. The molecule has 1 aromatic heterocycles. The Hall–Kier alpha value is -3.69. The Labute approximate surface area is 199 Å². The number of nitrogens with one attached hydrogen (secondary N) is 1. The molecule has 4 rings (SSSR count). The van der Waals surface area contributed by atoms with Crippen molar-refractivity contribution in [3.63, 3.8) is 0 Å². The van der Waals surface area contributed by atoms with Crippen molar-refractivity contribution in [3.8, 4) is 17.1 Å². The number of anilines is 1. The Morgan fingerprint density at radius 2 is 1.74 bits per heavy atom. The molecule has 0 bridgehead atoms. The van der Waals surface area contributed by atoms with E-state index >= 15 is 0 Å². The largest absolute Gasteiger partial charge is 0.416 e. The molecule has 0 unspecified atom stereocenters. The zero-order valence-corrected chi connectivity index (χ0v) is 19.0. The number of aromatic nitrogens is 2. The van der Waals surface area contributed by atoms with Crippen LogP contribution in [-0.4, -0.2) is 34.6 Å². The van der Waals surface area contributed by atoms with E-state index in [0.717, 1.165) is 28.8 Å². The molecule has 0 saturated carbocycles. The number of rotatable bonds is 5. The van der Waals surface area contributed by atoms with E-state index in [1.807, 2.05) is 4.90 Å². The maximum absolute atomic E-state index is 14.7. The first-order chi connectivity index (χ1) is 16.7. The average Bonchev–Trinajstić information content (AvgIpc) is 2.84. The highest BCUT2D eigenvalue weighted by molar-refractivity contribution is 5.75. The van der Waals surface area contributed by atoms with E-state index in [9.17, 15) is 27.2 Å². The minimum absolute atomic E-state index is 0.00762. The van der Waals surface area contributed by atoms with E-state index in [-0.39, 0.29) is 29.0 Å². The van der Waals surface area contributed by atoms with Gasteiger partial charge in [0.05, 0.1) is 16.8 Å². The molecule has 1 fully saturated rings. The number of nitrogens with zero attached hydrogens (tertiary/aromatic N) is 3. The molecule has 0 spiro atoms. The van der Waals surface area contributed by atoms with Gasteiger partial charge in [-0.3, -0.25) is 14.2 Å². The molecule has 1 aliphatic rings. The lowest BCUT2D eigenvalue weighted by Gasteiger charge is -2.33. The van der Waals surface area contributed by atoms with Gasteiger partial charge < -0.3 is 10.2 Å². The molecule has 184 valence electrons. The summed E-state index contributed by atoms with van der Waals surface area (Å²) in [6.45, 7) is 2.84. The summed E-state index contributed by atoms with van der Waals surface area (Å²) in [5.74, 6) is -0.302. The predicted octanol–water partition coefficient (Wildman–Crippen LogP) is 4.55. The average molecular weight is 488 g/mol. The molecule has 10 heteroatoms. The van der Waals surface area contributed by atoms with Crippen LogP contribution in [0.5, 0.6) is 0 Å². The normalized spacial score (nSPS) is 14.7. The number of amides is 1. The first-order valence-electron chi connectivity index (χ1n) is 11.3. The fourth-order valence-corrected chi connectivity index (χ4v) is 4.09. The smallest absolute Gasteiger partial charge is 0.356 e. The third-order valence-electron chi connectivity index (χ3n) is 5.98. The van der Waals surface area contributed by atoms with E-state index in [0.29, 0.717) is 38.2 Å². The number of hydrogen-bond acceptors (Lipinski definition) is 4. The van der Waals surface area contributed by atoms with E-state index in [1.54, 1.807) is 13.0 Å². The molecule has 35 heavy (non-hydrogen) atoms. The van der Waals surface area contributed by atoms with E-state index < -0.39 is 23.1 Å². The number of halogens is 4. The predicted molar refractivity (Wildman–Crippen MR) is 124 cm³/mol. The molecule has 1 aliphatic heterocycles. The number of carbonyl (C=O) groups is 1. The fourth-order valence-electron chi connectivity index (χ4n) is 4.09. The maximum atomic E-state index is 14.7. The minimum atomic E-state index is -4.53. The molecule has 6 nitrogen and oxygen atoms in total. The van der Waals surface area contributed by atoms with Gasteiger partial charge >= 0.3 is 6.18 Å². The summed E-state index contributed by atoms with van der Waals surface area (Å²) in [6, 6.07) is 11.2. The number of alkyl halides is 3. The third-order valence-corrected chi connectivity index (χ3v) is 5.98. The number of piperidine rings is 1. The van der Waals surface area contributed by atoms with Crippen LogP contribution in [0, 0.1) is 5.82 Å². The molecule has 1 saturated heterocycles. The van der Waals surface area contributed by atoms with Crippen molar-refractivity contribution in [2.24, 2.45) is 0 Å². The van der Waals surface area contributed by atoms with Crippen molar-refractivity contribution >= 4 is 11.7 Å². The molecular weight excluding hydrogens is 464 g/mol. The van der Waals surface area contributed by atoms with Crippen molar-refractivity contribution in [1.82, 2.24) is 14.9 Å². The van der Waals surface area contributed by atoms with Gasteiger partial charge in [0.1, 0.15) is 11.6 Å². The van der Waals surface area contributed by atoms with Crippen LogP contribution in [0.1, 0.15) is 31.7 Å². The van der Waals surface area contributed by atoms with Crippen LogP contribution in [0.25, 0.3) is 17.1 Å².